The molecule has 5 aromatic rings. The second-order valence-electron chi connectivity index (χ2n) is 10.2. The van der Waals surface area contributed by atoms with Crippen LogP contribution in [0.25, 0.3) is 22.0 Å². The van der Waals surface area contributed by atoms with E-state index in [2.05, 4.69) is 48.7 Å². The summed E-state index contributed by atoms with van der Waals surface area (Å²) in [4.78, 5) is 14.8. The Morgan fingerprint density at radius 1 is 1.00 bits per heavy atom. The molecule has 0 bridgehead atoms. The smallest absolute Gasteiger partial charge is 0.141 e. The van der Waals surface area contributed by atoms with Gasteiger partial charge >= 0.3 is 0 Å². The lowest BCUT2D eigenvalue weighted by atomic mass is 10.1. The summed E-state index contributed by atoms with van der Waals surface area (Å²) in [5.41, 5.74) is 5.61. The lowest BCUT2D eigenvalue weighted by Crippen LogP contribution is -2.40. The lowest BCUT2D eigenvalue weighted by molar-refractivity contribution is 0.0384. The second-order valence-corrected chi connectivity index (χ2v) is 10.6. The molecule has 10 heteroatoms. The van der Waals surface area contributed by atoms with Gasteiger partial charge in [0.05, 0.1) is 23.8 Å². The minimum atomic E-state index is -0.300. The molecule has 1 aliphatic rings. The molecule has 0 radical (unpaired) electrons. The average Bonchev–Trinajstić information content (AvgIpc) is 3.49. The van der Waals surface area contributed by atoms with Crippen LogP contribution in [0.15, 0.2) is 79.3 Å². The summed E-state index contributed by atoms with van der Waals surface area (Å²) in [6.45, 7) is 6.59. The summed E-state index contributed by atoms with van der Waals surface area (Å²) in [5, 5.41) is 8.23. The van der Waals surface area contributed by atoms with Gasteiger partial charge in [-0.2, -0.15) is 0 Å². The molecule has 8 nitrogen and oxygen atoms in total. The highest BCUT2D eigenvalue weighted by atomic mass is 35.5. The number of H-pyrrole nitrogens is 1. The molecule has 0 amide bonds. The molecule has 0 saturated carbocycles. The van der Waals surface area contributed by atoms with Gasteiger partial charge in [0.1, 0.15) is 30.3 Å². The Bertz CT molecular complexity index is 1660. The number of halogens is 2. The lowest BCUT2D eigenvalue weighted by Gasteiger charge is -2.26. The molecule has 0 aliphatic carbocycles. The summed E-state index contributed by atoms with van der Waals surface area (Å²) < 4.78 is 24.7. The van der Waals surface area contributed by atoms with Crippen LogP contribution in [-0.4, -0.2) is 59.2 Å². The summed E-state index contributed by atoms with van der Waals surface area (Å²) in [6, 6.07) is 20.1. The van der Waals surface area contributed by atoms with Crippen LogP contribution >= 0.6 is 11.6 Å². The summed E-state index contributed by atoms with van der Waals surface area (Å²) in [7, 11) is 0. The van der Waals surface area contributed by atoms with Crippen LogP contribution in [0.3, 0.4) is 0 Å². The number of morpholine rings is 1. The van der Waals surface area contributed by atoms with Crippen LogP contribution in [0.1, 0.15) is 11.3 Å². The zero-order valence-corrected chi connectivity index (χ0v) is 23.8. The molecule has 3 N–H and O–H groups in total. The topological polar surface area (TPSA) is 87.3 Å². The van der Waals surface area contributed by atoms with E-state index < -0.39 is 0 Å². The van der Waals surface area contributed by atoms with Crippen molar-refractivity contribution in [3.05, 3.63) is 101 Å². The van der Waals surface area contributed by atoms with E-state index in [0.717, 1.165) is 84.9 Å². The standard InChI is InChI=1S/C32H32ClFN6O2/c33-29-17-26(5-7-31(29)42-20-22-2-1-3-25(34)14-22)39-32-28-16-23(4-6-30(28)37-21-38-32)24-15-27(36-18-24)19-35-8-9-40-10-12-41-13-11-40/h1-7,14-18,21,35-36H,8-13,19-20H2,(H,37,38,39). The van der Waals surface area contributed by atoms with Crippen LogP contribution in [0.5, 0.6) is 5.75 Å². The number of rotatable bonds is 11. The molecule has 216 valence electrons. The Hall–Kier alpha value is -4.02. The first kappa shape index (κ1) is 28.1. The van der Waals surface area contributed by atoms with Crippen molar-refractivity contribution in [1.29, 1.82) is 0 Å². The maximum atomic E-state index is 13.5. The van der Waals surface area contributed by atoms with E-state index in [0.29, 0.717) is 16.6 Å². The second kappa shape index (κ2) is 13.3. The molecule has 0 unspecified atom stereocenters. The maximum Gasteiger partial charge on any atom is 0.141 e. The van der Waals surface area contributed by atoms with Gasteiger partial charge in [0.15, 0.2) is 0 Å². The number of hydrogen-bond donors (Lipinski definition) is 3. The number of nitrogens with one attached hydrogen (secondary N) is 3. The van der Waals surface area contributed by atoms with Gasteiger partial charge in [0.2, 0.25) is 0 Å². The predicted octanol–water partition coefficient (Wildman–Crippen LogP) is 6.16. The van der Waals surface area contributed by atoms with Gasteiger partial charge in [0, 0.05) is 55.7 Å². The number of hydrogen-bond acceptors (Lipinski definition) is 7. The molecule has 3 aromatic carbocycles. The van der Waals surface area contributed by atoms with Crippen molar-refractivity contribution in [2.45, 2.75) is 13.2 Å². The normalized spacial score (nSPS) is 13.9. The van der Waals surface area contributed by atoms with Crippen molar-refractivity contribution >= 4 is 34.0 Å². The Morgan fingerprint density at radius 3 is 2.76 bits per heavy atom. The highest BCUT2D eigenvalue weighted by Crippen LogP contribution is 2.32. The van der Waals surface area contributed by atoms with Crippen LogP contribution in [-0.2, 0) is 17.9 Å². The molecule has 6 rings (SSSR count). The van der Waals surface area contributed by atoms with Crippen molar-refractivity contribution in [2.75, 3.05) is 44.7 Å². The quantitative estimate of drug-likeness (QED) is 0.160. The van der Waals surface area contributed by atoms with Crippen molar-refractivity contribution in [3.8, 4) is 16.9 Å². The molecule has 3 heterocycles. The molecule has 1 fully saturated rings. The Balaban J connectivity index is 1.11. The first-order valence-corrected chi connectivity index (χ1v) is 14.4. The highest BCUT2D eigenvalue weighted by Gasteiger charge is 2.11. The minimum absolute atomic E-state index is 0.217. The van der Waals surface area contributed by atoms with Gasteiger partial charge < -0.3 is 25.1 Å². The van der Waals surface area contributed by atoms with Crippen molar-refractivity contribution in [3.63, 3.8) is 0 Å². The van der Waals surface area contributed by atoms with E-state index in [9.17, 15) is 4.39 Å². The SMILES string of the molecule is Fc1cccc(COc2ccc(Nc3ncnc4ccc(-c5c[nH]c(CNCCN6CCOCC6)c5)cc34)cc2Cl)c1. The van der Waals surface area contributed by atoms with Crippen LogP contribution in [0, 0.1) is 5.82 Å². The third kappa shape index (κ3) is 7.06. The van der Waals surface area contributed by atoms with Gasteiger partial charge in [-0.05, 0) is 65.2 Å². The zero-order chi connectivity index (χ0) is 28.7. The number of fused-ring (bicyclic) bond motifs is 1. The first-order valence-electron chi connectivity index (χ1n) is 14.0. The van der Waals surface area contributed by atoms with E-state index in [4.69, 9.17) is 21.1 Å². The maximum absolute atomic E-state index is 13.5. The predicted molar refractivity (Wildman–Crippen MR) is 164 cm³/mol. The van der Waals surface area contributed by atoms with Crippen molar-refractivity contribution in [1.82, 2.24) is 25.2 Å². The first-order chi connectivity index (χ1) is 20.6. The van der Waals surface area contributed by atoms with Crippen LogP contribution < -0.4 is 15.4 Å². The number of benzene rings is 3. The summed E-state index contributed by atoms with van der Waals surface area (Å²) in [6.07, 6.45) is 3.57. The fourth-order valence-electron chi connectivity index (χ4n) is 4.95. The van der Waals surface area contributed by atoms with Crippen LogP contribution in [0.2, 0.25) is 5.02 Å². The molecular weight excluding hydrogens is 555 g/mol. The number of nitrogens with zero attached hydrogens (tertiary/aromatic N) is 3. The average molecular weight is 587 g/mol. The largest absolute Gasteiger partial charge is 0.487 e. The van der Waals surface area contributed by atoms with Crippen LogP contribution in [0.4, 0.5) is 15.9 Å². The molecule has 2 aromatic heterocycles. The zero-order valence-electron chi connectivity index (χ0n) is 23.1. The Labute approximate surface area is 248 Å². The van der Waals surface area contributed by atoms with Gasteiger partial charge in [-0.3, -0.25) is 4.90 Å². The van der Waals surface area contributed by atoms with E-state index >= 15 is 0 Å². The fraction of sp³-hybridized carbons (Fsp3) is 0.250. The van der Waals surface area contributed by atoms with E-state index in [1.54, 1.807) is 30.6 Å². The molecule has 1 saturated heterocycles. The third-order valence-corrected chi connectivity index (χ3v) is 7.51. The Kier molecular flexibility index (Phi) is 8.91. The number of aromatic amines is 1. The summed E-state index contributed by atoms with van der Waals surface area (Å²) >= 11 is 6.52. The van der Waals surface area contributed by atoms with Crippen molar-refractivity contribution in [2.24, 2.45) is 0 Å². The van der Waals surface area contributed by atoms with Gasteiger partial charge in [-0.25, -0.2) is 14.4 Å². The molecule has 0 atom stereocenters. The highest BCUT2D eigenvalue weighted by molar-refractivity contribution is 6.32. The summed E-state index contributed by atoms with van der Waals surface area (Å²) in [5.74, 6) is 0.887. The van der Waals surface area contributed by atoms with Gasteiger partial charge in [-0.1, -0.05) is 29.8 Å². The van der Waals surface area contributed by atoms with E-state index in [-0.39, 0.29) is 12.4 Å². The number of ether oxygens (including phenoxy) is 2. The number of anilines is 2. The molecule has 42 heavy (non-hydrogen) atoms. The Morgan fingerprint density at radius 2 is 1.90 bits per heavy atom. The number of aromatic nitrogens is 3. The molecular formula is C32H32ClFN6O2. The van der Waals surface area contributed by atoms with Crippen molar-refractivity contribution < 1.29 is 13.9 Å². The monoisotopic (exact) mass is 586 g/mol. The van der Waals surface area contributed by atoms with E-state index in [1.807, 2.05) is 18.3 Å². The van der Waals surface area contributed by atoms with Gasteiger partial charge in [-0.15, -0.1) is 0 Å². The molecule has 0 spiro atoms. The van der Waals surface area contributed by atoms with Gasteiger partial charge in [0.25, 0.3) is 0 Å². The molecule has 1 aliphatic heterocycles. The third-order valence-electron chi connectivity index (χ3n) is 7.21. The minimum Gasteiger partial charge on any atom is -0.487 e. The fourth-order valence-corrected chi connectivity index (χ4v) is 5.19. The van der Waals surface area contributed by atoms with E-state index in [1.165, 1.54) is 12.1 Å².